The standard InChI is InChI=1S/C22H24N6OS/c1-15-12-16(2)25-20(24-15)26-21(27-22(30)23-13-19-8-5-11-29-19)28-10-9-17-6-3-4-7-18(17)14-28/h3-8,11-12H,9-10,13-14H2,1-2H3,(H2,23,24,25,26,27,30). The van der Waals surface area contributed by atoms with E-state index in [0.717, 1.165) is 36.7 Å². The van der Waals surface area contributed by atoms with E-state index in [1.165, 1.54) is 11.1 Å². The first kappa shape index (κ1) is 20.0. The van der Waals surface area contributed by atoms with Crippen LogP contribution in [0.3, 0.4) is 0 Å². The van der Waals surface area contributed by atoms with Crippen LogP contribution in [-0.4, -0.2) is 32.5 Å². The van der Waals surface area contributed by atoms with E-state index in [-0.39, 0.29) is 0 Å². The second-order valence-electron chi connectivity index (χ2n) is 7.21. The number of furan rings is 1. The van der Waals surface area contributed by atoms with Crippen LogP contribution in [0, 0.1) is 13.8 Å². The summed E-state index contributed by atoms with van der Waals surface area (Å²) < 4.78 is 5.35. The Bertz CT molecular complexity index is 1040. The van der Waals surface area contributed by atoms with Crippen molar-refractivity contribution in [3.8, 4) is 0 Å². The highest BCUT2D eigenvalue weighted by Crippen LogP contribution is 2.19. The number of fused-ring (bicyclic) bond motifs is 1. The van der Waals surface area contributed by atoms with Gasteiger partial charge in [-0.15, -0.1) is 0 Å². The van der Waals surface area contributed by atoms with Crippen molar-refractivity contribution >= 4 is 29.2 Å². The first-order chi connectivity index (χ1) is 14.6. The maximum Gasteiger partial charge on any atom is 0.229 e. The van der Waals surface area contributed by atoms with Gasteiger partial charge in [0.25, 0.3) is 0 Å². The zero-order valence-electron chi connectivity index (χ0n) is 17.1. The van der Waals surface area contributed by atoms with E-state index in [1.54, 1.807) is 6.26 Å². The minimum atomic E-state index is 0.372. The second kappa shape index (κ2) is 9.04. The number of hydrogen-bond acceptors (Lipinski definition) is 4. The second-order valence-corrected chi connectivity index (χ2v) is 7.60. The molecule has 0 fully saturated rings. The SMILES string of the molecule is Cc1cc(C)nc(N/C(=N/C(=S)NCc2ccco2)N2CCc3ccccc3C2)n1. The van der Waals surface area contributed by atoms with Crippen LogP contribution < -0.4 is 10.6 Å². The van der Waals surface area contributed by atoms with Gasteiger partial charge in [0.05, 0.1) is 12.8 Å². The van der Waals surface area contributed by atoms with Crippen molar-refractivity contribution in [2.45, 2.75) is 33.4 Å². The van der Waals surface area contributed by atoms with Gasteiger partial charge in [-0.25, -0.2) is 9.97 Å². The summed E-state index contributed by atoms with van der Waals surface area (Å²) in [6.07, 6.45) is 2.58. The molecule has 3 heterocycles. The fourth-order valence-corrected chi connectivity index (χ4v) is 3.61. The Labute approximate surface area is 181 Å². The third-order valence-electron chi connectivity index (χ3n) is 4.84. The molecule has 2 aromatic heterocycles. The number of benzene rings is 1. The molecule has 154 valence electrons. The van der Waals surface area contributed by atoms with Gasteiger partial charge in [-0.1, -0.05) is 24.3 Å². The average Bonchev–Trinajstić information content (AvgIpc) is 3.24. The predicted molar refractivity (Wildman–Crippen MR) is 121 cm³/mol. The van der Waals surface area contributed by atoms with E-state index >= 15 is 0 Å². The van der Waals surface area contributed by atoms with Crippen molar-refractivity contribution in [2.24, 2.45) is 4.99 Å². The van der Waals surface area contributed by atoms with Crippen LogP contribution in [0.25, 0.3) is 0 Å². The number of rotatable bonds is 3. The van der Waals surface area contributed by atoms with Gasteiger partial charge in [-0.2, -0.15) is 4.99 Å². The molecule has 2 N–H and O–H groups in total. The van der Waals surface area contributed by atoms with Gasteiger partial charge < -0.3 is 14.6 Å². The highest BCUT2D eigenvalue weighted by atomic mass is 32.1. The Morgan fingerprint density at radius 2 is 1.90 bits per heavy atom. The fraction of sp³-hybridized carbons (Fsp3) is 0.273. The number of aromatic nitrogens is 2. The molecule has 0 amide bonds. The minimum absolute atomic E-state index is 0.372. The average molecular weight is 421 g/mol. The zero-order chi connectivity index (χ0) is 20.9. The van der Waals surface area contributed by atoms with Gasteiger partial charge in [0.2, 0.25) is 11.9 Å². The van der Waals surface area contributed by atoms with Crippen LogP contribution >= 0.6 is 12.2 Å². The molecule has 0 saturated heterocycles. The minimum Gasteiger partial charge on any atom is -0.467 e. The smallest absolute Gasteiger partial charge is 0.229 e. The summed E-state index contributed by atoms with van der Waals surface area (Å²) in [5, 5.41) is 6.79. The van der Waals surface area contributed by atoms with Crippen molar-refractivity contribution in [1.29, 1.82) is 0 Å². The summed E-state index contributed by atoms with van der Waals surface area (Å²) >= 11 is 5.47. The van der Waals surface area contributed by atoms with Crippen LogP contribution in [0.4, 0.5) is 5.95 Å². The number of anilines is 1. The molecule has 1 aliphatic rings. The molecule has 0 radical (unpaired) electrons. The van der Waals surface area contributed by atoms with Crippen molar-refractivity contribution in [2.75, 3.05) is 11.9 Å². The normalized spacial score (nSPS) is 13.7. The van der Waals surface area contributed by atoms with Gasteiger partial charge in [-0.3, -0.25) is 5.32 Å². The molecule has 0 saturated carbocycles. The summed E-state index contributed by atoms with van der Waals surface area (Å²) in [6, 6.07) is 14.2. The maximum absolute atomic E-state index is 5.47. The van der Waals surface area contributed by atoms with Crippen molar-refractivity contribution in [1.82, 2.24) is 20.2 Å². The number of nitrogens with one attached hydrogen (secondary N) is 2. The Balaban J connectivity index is 1.56. The van der Waals surface area contributed by atoms with E-state index < -0.39 is 0 Å². The Morgan fingerprint density at radius 1 is 1.13 bits per heavy atom. The number of aliphatic imine (C=N–C) groups is 1. The molecule has 1 aromatic carbocycles. The van der Waals surface area contributed by atoms with Crippen LogP contribution in [0.1, 0.15) is 28.3 Å². The van der Waals surface area contributed by atoms with Crippen molar-refractivity contribution < 1.29 is 4.42 Å². The predicted octanol–water partition coefficient (Wildman–Crippen LogP) is 3.59. The molecule has 0 spiro atoms. The van der Waals surface area contributed by atoms with Crippen molar-refractivity contribution in [3.63, 3.8) is 0 Å². The third kappa shape index (κ3) is 5.01. The lowest BCUT2D eigenvalue weighted by atomic mass is 10.0. The molecule has 4 rings (SSSR count). The maximum atomic E-state index is 5.47. The van der Waals surface area contributed by atoms with Crippen LogP contribution in [-0.2, 0) is 19.5 Å². The highest BCUT2D eigenvalue weighted by Gasteiger charge is 2.20. The number of thiocarbonyl (C=S) groups is 1. The number of guanidine groups is 1. The van der Waals surface area contributed by atoms with Crippen LogP contribution in [0.5, 0.6) is 0 Å². The summed E-state index contributed by atoms with van der Waals surface area (Å²) in [7, 11) is 0. The number of nitrogens with zero attached hydrogens (tertiary/aromatic N) is 4. The lowest BCUT2D eigenvalue weighted by molar-refractivity contribution is 0.393. The quantitative estimate of drug-likeness (QED) is 0.381. The molecular formula is C22H24N6OS. The Hall–Kier alpha value is -3.26. The molecule has 0 aliphatic carbocycles. The van der Waals surface area contributed by atoms with Crippen LogP contribution in [0.15, 0.2) is 58.1 Å². The molecule has 0 atom stereocenters. The summed E-state index contributed by atoms with van der Waals surface area (Å²) in [5.41, 5.74) is 4.45. The first-order valence-corrected chi connectivity index (χ1v) is 10.3. The summed E-state index contributed by atoms with van der Waals surface area (Å²) in [5.74, 6) is 1.94. The molecule has 0 unspecified atom stereocenters. The molecule has 3 aromatic rings. The lowest BCUT2D eigenvalue weighted by Gasteiger charge is -2.31. The molecule has 7 nitrogen and oxygen atoms in total. The Kier molecular flexibility index (Phi) is 6.04. The van der Waals surface area contributed by atoms with E-state index in [2.05, 4.69) is 54.8 Å². The van der Waals surface area contributed by atoms with Gasteiger partial charge in [0.15, 0.2) is 5.11 Å². The monoisotopic (exact) mass is 420 g/mol. The largest absolute Gasteiger partial charge is 0.467 e. The first-order valence-electron chi connectivity index (χ1n) is 9.87. The van der Waals surface area contributed by atoms with Gasteiger partial charge in [0, 0.05) is 24.5 Å². The summed E-state index contributed by atoms with van der Waals surface area (Å²) in [6.45, 7) is 5.94. The van der Waals surface area contributed by atoms with E-state index in [0.29, 0.717) is 23.6 Å². The number of aryl methyl sites for hydroxylation is 2. The molecule has 8 heteroatoms. The topological polar surface area (TPSA) is 78.6 Å². The highest BCUT2D eigenvalue weighted by molar-refractivity contribution is 7.80. The number of hydrogen-bond donors (Lipinski definition) is 2. The molecule has 0 bridgehead atoms. The summed E-state index contributed by atoms with van der Waals surface area (Å²) in [4.78, 5) is 15.8. The lowest BCUT2D eigenvalue weighted by Crippen LogP contribution is -2.41. The molecule has 1 aliphatic heterocycles. The van der Waals surface area contributed by atoms with Gasteiger partial charge in [0.1, 0.15) is 5.76 Å². The molecule has 30 heavy (non-hydrogen) atoms. The third-order valence-corrected chi connectivity index (χ3v) is 5.07. The van der Waals surface area contributed by atoms with E-state index in [4.69, 9.17) is 16.6 Å². The Morgan fingerprint density at radius 3 is 2.63 bits per heavy atom. The zero-order valence-corrected chi connectivity index (χ0v) is 17.9. The van der Waals surface area contributed by atoms with E-state index in [9.17, 15) is 0 Å². The van der Waals surface area contributed by atoms with Gasteiger partial charge >= 0.3 is 0 Å². The fourth-order valence-electron chi connectivity index (χ4n) is 3.45. The van der Waals surface area contributed by atoms with Crippen molar-refractivity contribution in [3.05, 3.63) is 77.0 Å². The van der Waals surface area contributed by atoms with E-state index in [1.807, 2.05) is 32.0 Å². The molecular weight excluding hydrogens is 396 g/mol. The van der Waals surface area contributed by atoms with Gasteiger partial charge in [-0.05, 0) is 61.8 Å². The van der Waals surface area contributed by atoms with Crippen LogP contribution in [0.2, 0.25) is 0 Å².